The fourth-order valence-electron chi connectivity index (χ4n) is 13.0. The predicted octanol–water partition coefficient (Wildman–Crippen LogP) is 13.7. The minimum absolute atomic E-state index is 0.00298. The first-order chi connectivity index (χ1) is 44.5. The number of H-pyrrole nitrogens is 6. The molecule has 92 heavy (non-hydrogen) atoms. The molecule has 3 unspecified atom stereocenters. The van der Waals surface area contributed by atoms with E-state index < -0.39 is 22.9 Å². The maximum Gasteiger partial charge on any atom is 0.325 e. The monoisotopic (exact) mass is 1260 g/mol. The molecule has 12 rings (SSSR count). The van der Waals surface area contributed by atoms with Crippen molar-refractivity contribution in [1.82, 2.24) is 34.5 Å². The van der Waals surface area contributed by atoms with Crippen LogP contribution >= 0.6 is 11.6 Å². The van der Waals surface area contributed by atoms with E-state index in [1.54, 1.807) is 24.3 Å². The Labute approximate surface area is 536 Å². The molecule has 3 atom stereocenters. The number of ether oxygens (including phenoxy) is 2. The first-order valence-electron chi connectivity index (χ1n) is 31.4. The Morgan fingerprint density at radius 3 is 1.28 bits per heavy atom. The van der Waals surface area contributed by atoms with Gasteiger partial charge in [0.05, 0.1) is 13.2 Å². The van der Waals surface area contributed by atoms with Crippen molar-refractivity contribution >= 4 is 28.3 Å². The van der Waals surface area contributed by atoms with Crippen LogP contribution in [0.15, 0.2) is 175 Å². The van der Waals surface area contributed by atoms with Gasteiger partial charge in [0, 0.05) is 112 Å². The van der Waals surface area contributed by atoms with Gasteiger partial charge in [-0.05, 0) is 149 Å². The van der Waals surface area contributed by atoms with E-state index in [4.69, 9.17) is 21.1 Å². The number of aryl methyl sites for hydroxylation is 2. The second-order valence-electron chi connectivity index (χ2n) is 23.6. The molecule has 0 saturated carbocycles. The molecule has 3 aliphatic carbocycles. The Kier molecular flexibility index (Phi) is 21.3. The third kappa shape index (κ3) is 15.6. The van der Waals surface area contributed by atoms with Gasteiger partial charge < -0.3 is 29.0 Å². The summed E-state index contributed by atoms with van der Waals surface area (Å²) in [5.41, 5.74) is 12.7. The van der Waals surface area contributed by atoms with Crippen molar-refractivity contribution in [3.8, 4) is 11.5 Å². The van der Waals surface area contributed by atoms with Crippen LogP contribution in [0.5, 0.6) is 11.5 Å². The summed E-state index contributed by atoms with van der Waals surface area (Å²) in [5.74, 6) is 0.177. The maximum atomic E-state index is 14.9. The molecule has 6 N–H and O–H groups in total. The Morgan fingerprint density at radius 2 is 0.913 bits per heavy atom. The number of nitrogens with one attached hydrogen (secondary N) is 6. The number of aromatic amines is 6. The summed E-state index contributed by atoms with van der Waals surface area (Å²) in [7, 11) is 2.08. The lowest BCUT2D eigenvalue weighted by Gasteiger charge is -2.24. The van der Waals surface area contributed by atoms with Gasteiger partial charge in [-0.2, -0.15) is 0 Å². The van der Waals surface area contributed by atoms with Crippen molar-refractivity contribution in [3.63, 3.8) is 0 Å². The molecule has 5 aromatic carbocycles. The molecule has 0 spiro atoms. The van der Waals surface area contributed by atoms with Gasteiger partial charge in [0.2, 0.25) is 0 Å². The van der Waals surface area contributed by atoms with Gasteiger partial charge >= 0.3 is 17.1 Å². The smallest absolute Gasteiger partial charge is 0.325 e. The highest BCUT2D eigenvalue weighted by molar-refractivity contribution is 6.32. The zero-order chi connectivity index (χ0) is 65.0. The molecule has 3 aliphatic rings. The highest BCUT2D eigenvalue weighted by Gasteiger charge is 2.28. The summed E-state index contributed by atoms with van der Waals surface area (Å²) in [4.78, 5) is 89.5. The summed E-state index contributed by atoms with van der Waals surface area (Å²) in [6, 6.07) is 37.6. The summed E-state index contributed by atoms with van der Waals surface area (Å²) in [6.07, 6.45) is 16.4. The standard InChI is InChI=1S/C25H24ClFN2O3.C25H25FN2O3.C24H27N3O2/c1-2-32-20-13-12-18(22(27)21(20)26)16-8-10-17(11-9-16)23-19(24(30)29-25(31)28-23)14-15-6-4-3-5-7-15;1-2-31-19-12-13-20(22(26)15-19)17-8-10-18(11-9-17)23-21(24(29)28-25(30)27-23)14-16-6-4-3-5-7-16;1-15-14-27(3)16(2)21(15)18-9-11-19(12-10-18)22-20(23(28)26-24(29)25-22)13-17-7-5-4-6-8-17/h3-8,12-13,17H,2,9-11,14H2,1H3,(H2,28,29,30,31);3-8,12-13,15,18H,2,9-11,14H2,1H3,(H2,27,28,29,30);4-9,14,19H,10-13H2,1-3H3,(H2,25,26,28,29). The van der Waals surface area contributed by atoms with E-state index in [1.165, 1.54) is 28.5 Å². The molecular formula is C74H76ClF2N7O8. The van der Waals surface area contributed by atoms with Crippen LogP contribution in [0, 0.1) is 25.5 Å². The number of rotatable bonds is 16. The number of hydrogen-bond donors (Lipinski definition) is 6. The second-order valence-corrected chi connectivity index (χ2v) is 24.0. The Balaban J connectivity index is 0.000000151. The number of aromatic nitrogens is 7. The molecule has 4 aromatic heterocycles. The number of hydrogen-bond acceptors (Lipinski definition) is 8. The quantitative estimate of drug-likeness (QED) is 0.0545. The number of nitrogens with zero attached hydrogens (tertiary/aromatic N) is 1. The molecule has 0 fully saturated rings. The van der Waals surface area contributed by atoms with Gasteiger partial charge in [-0.15, -0.1) is 0 Å². The number of benzene rings is 5. The zero-order valence-corrected chi connectivity index (χ0v) is 53.1. The summed E-state index contributed by atoms with van der Waals surface area (Å²) >= 11 is 6.15. The Hall–Kier alpha value is -9.61. The molecule has 0 saturated heterocycles. The van der Waals surface area contributed by atoms with E-state index in [0.717, 1.165) is 59.2 Å². The fraction of sp³-hybridized carbons (Fsp3) is 0.297. The van der Waals surface area contributed by atoms with E-state index in [0.29, 0.717) is 115 Å². The van der Waals surface area contributed by atoms with Gasteiger partial charge in [-0.3, -0.25) is 29.3 Å². The van der Waals surface area contributed by atoms with Gasteiger partial charge in [0.15, 0.2) is 5.82 Å². The van der Waals surface area contributed by atoms with Crippen molar-refractivity contribution < 1.29 is 18.3 Å². The minimum atomic E-state index is -0.513. The Morgan fingerprint density at radius 1 is 0.511 bits per heavy atom. The molecule has 0 aliphatic heterocycles. The van der Waals surface area contributed by atoms with Crippen molar-refractivity contribution in [3.05, 3.63) is 303 Å². The van der Waals surface area contributed by atoms with E-state index in [1.807, 2.05) is 117 Å². The molecule has 15 nitrogen and oxygen atoms in total. The van der Waals surface area contributed by atoms with Crippen LogP contribution in [0.3, 0.4) is 0 Å². The minimum Gasteiger partial charge on any atom is -0.494 e. The van der Waals surface area contributed by atoms with Gasteiger partial charge in [0.1, 0.15) is 22.3 Å². The van der Waals surface area contributed by atoms with Gasteiger partial charge in [-0.25, -0.2) is 23.2 Å². The molecule has 18 heteroatoms. The summed E-state index contributed by atoms with van der Waals surface area (Å²) in [6.45, 7) is 8.88. The topological polar surface area (TPSA) is 221 Å². The first-order valence-corrected chi connectivity index (χ1v) is 31.8. The highest BCUT2D eigenvalue weighted by atomic mass is 35.5. The van der Waals surface area contributed by atoms with Crippen LogP contribution in [-0.4, -0.2) is 47.7 Å². The SMILES string of the molecule is CCOc1ccc(C2=CCC(c3[nH]c(=O)[nH]c(=O)c3Cc3ccccc3)CC2)c(F)c1.CCOc1ccc(C2=CCC(c3[nH]c(=O)[nH]c(=O)c3Cc3ccccc3)CC2)c(F)c1Cl.Cc1cn(C)c(C)c1C1=CCC(c2[nH]c(=O)[nH]c(=O)c2Cc2ccccc2)CC1. The summed E-state index contributed by atoms with van der Waals surface area (Å²) < 4.78 is 42.3. The molecular weight excluding hydrogens is 1190 g/mol. The van der Waals surface area contributed by atoms with Crippen LogP contribution in [0.2, 0.25) is 5.02 Å². The third-order valence-corrected chi connectivity index (χ3v) is 18.0. The average Bonchev–Trinajstić information content (AvgIpc) is 1.14. The van der Waals surface area contributed by atoms with E-state index in [2.05, 4.69) is 67.6 Å². The molecule has 9 aromatic rings. The molecule has 0 bridgehead atoms. The highest BCUT2D eigenvalue weighted by Crippen LogP contribution is 2.42. The molecule has 4 heterocycles. The lowest BCUT2D eigenvalue weighted by molar-refractivity contribution is 0.338. The van der Waals surface area contributed by atoms with Crippen LogP contribution in [-0.2, 0) is 26.3 Å². The van der Waals surface area contributed by atoms with Crippen molar-refractivity contribution in [2.75, 3.05) is 13.2 Å². The number of allylic oxidation sites excluding steroid dienone is 6. The van der Waals surface area contributed by atoms with Gasteiger partial charge in [-0.1, -0.05) is 121 Å². The zero-order valence-electron chi connectivity index (χ0n) is 52.3. The van der Waals surface area contributed by atoms with Crippen molar-refractivity contribution in [2.45, 2.75) is 122 Å². The van der Waals surface area contributed by atoms with E-state index in [-0.39, 0.29) is 45.3 Å². The lowest BCUT2D eigenvalue weighted by atomic mass is 9.82. The van der Waals surface area contributed by atoms with E-state index in [9.17, 15) is 37.5 Å². The van der Waals surface area contributed by atoms with Crippen LogP contribution in [0.4, 0.5) is 8.78 Å². The molecule has 476 valence electrons. The second kappa shape index (κ2) is 30.0. The maximum absolute atomic E-state index is 14.9. The fourth-order valence-corrected chi connectivity index (χ4v) is 13.2. The largest absolute Gasteiger partial charge is 0.494 e. The summed E-state index contributed by atoms with van der Waals surface area (Å²) in [5, 5.41) is -0.0172. The van der Waals surface area contributed by atoms with Gasteiger partial charge in [0.25, 0.3) is 16.7 Å². The molecule has 0 amide bonds. The lowest BCUT2D eigenvalue weighted by Crippen LogP contribution is -2.30. The Bertz CT molecular complexity index is 4580. The molecule has 0 radical (unpaired) electrons. The normalized spacial score (nSPS) is 16.2. The van der Waals surface area contributed by atoms with Crippen molar-refractivity contribution in [1.29, 1.82) is 0 Å². The third-order valence-electron chi connectivity index (χ3n) is 17.6. The van der Waals surface area contributed by atoms with Crippen LogP contribution in [0.1, 0.15) is 168 Å². The first kappa shape index (κ1) is 65.3. The van der Waals surface area contributed by atoms with Crippen LogP contribution < -0.4 is 43.2 Å². The predicted molar refractivity (Wildman–Crippen MR) is 360 cm³/mol. The number of halogens is 3. The average molecular weight is 1260 g/mol. The van der Waals surface area contributed by atoms with E-state index >= 15 is 0 Å². The van der Waals surface area contributed by atoms with Crippen molar-refractivity contribution in [2.24, 2.45) is 7.05 Å². The van der Waals surface area contributed by atoms with Crippen LogP contribution in [0.25, 0.3) is 16.7 Å².